The normalized spacial score (nSPS) is 15.9. The summed E-state index contributed by atoms with van der Waals surface area (Å²) < 4.78 is 5.62. The minimum Gasteiger partial charge on any atom is -0.477 e. The maximum atomic E-state index is 11.2. The van der Waals surface area contributed by atoms with Gasteiger partial charge in [-0.05, 0) is 30.9 Å². The zero-order chi connectivity index (χ0) is 14.5. The summed E-state index contributed by atoms with van der Waals surface area (Å²) >= 11 is 0. The SMILES string of the molecule is CC(=O)N1CCC(COc2ncccc2C(N)=O)CC1. The van der Waals surface area contributed by atoms with Gasteiger partial charge in [0.2, 0.25) is 11.8 Å². The van der Waals surface area contributed by atoms with Crippen molar-refractivity contribution in [3.8, 4) is 5.88 Å². The van der Waals surface area contributed by atoms with Gasteiger partial charge in [-0.15, -0.1) is 0 Å². The highest BCUT2D eigenvalue weighted by Crippen LogP contribution is 2.20. The summed E-state index contributed by atoms with van der Waals surface area (Å²) in [7, 11) is 0. The van der Waals surface area contributed by atoms with Gasteiger partial charge in [-0.3, -0.25) is 9.59 Å². The summed E-state index contributed by atoms with van der Waals surface area (Å²) in [5.41, 5.74) is 5.57. The molecule has 1 aliphatic heterocycles. The molecule has 0 bridgehead atoms. The van der Waals surface area contributed by atoms with Gasteiger partial charge in [-0.2, -0.15) is 0 Å². The maximum absolute atomic E-state index is 11.2. The van der Waals surface area contributed by atoms with Crippen LogP contribution in [0, 0.1) is 5.92 Å². The van der Waals surface area contributed by atoms with Crippen molar-refractivity contribution >= 4 is 11.8 Å². The summed E-state index contributed by atoms with van der Waals surface area (Å²) in [5.74, 6) is 0.229. The highest BCUT2D eigenvalue weighted by Gasteiger charge is 2.21. The Hall–Kier alpha value is -2.11. The molecule has 0 aliphatic carbocycles. The fourth-order valence-electron chi connectivity index (χ4n) is 2.30. The molecule has 0 radical (unpaired) electrons. The summed E-state index contributed by atoms with van der Waals surface area (Å²) in [6.45, 7) is 3.59. The van der Waals surface area contributed by atoms with Crippen LogP contribution in [0.5, 0.6) is 5.88 Å². The van der Waals surface area contributed by atoms with Crippen LogP contribution in [0.2, 0.25) is 0 Å². The number of pyridine rings is 1. The standard InChI is InChI=1S/C14H19N3O3/c1-10(18)17-7-4-11(5-8-17)9-20-14-12(13(15)19)3-2-6-16-14/h2-3,6,11H,4-5,7-9H2,1H3,(H2,15,19). The summed E-state index contributed by atoms with van der Waals surface area (Å²) in [6, 6.07) is 3.25. The Morgan fingerprint density at radius 3 is 2.75 bits per heavy atom. The van der Waals surface area contributed by atoms with E-state index in [0.29, 0.717) is 18.1 Å². The first-order chi connectivity index (χ1) is 9.58. The van der Waals surface area contributed by atoms with Crippen molar-refractivity contribution in [2.75, 3.05) is 19.7 Å². The number of nitrogens with zero attached hydrogens (tertiary/aromatic N) is 2. The lowest BCUT2D eigenvalue weighted by Gasteiger charge is -2.31. The molecule has 20 heavy (non-hydrogen) atoms. The Kier molecular flexibility index (Phi) is 4.55. The van der Waals surface area contributed by atoms with Crippen LogP contribution in [0.4, 0.5) is 0 Å². The van der Waals surface area contributed by atoms with E-state index >= 15 is 0 Å². The van der Waals surface area contributed by atoms with Crippen LogP contribution >= 0.6 is 0 Å². The van der Waals surface area contributed by atoms with E-state index in [0.717, 1.165) is 25.9 Å². The molecule has 1 aliphatic rings. The van der Waals surface area contributed by atoms with Gasteiger partial charge >= 0.3 is 0 Å². The van der Waals surface area contributed by atoms with Crippen LogP contribution in [0.1, 0.15) is 30.1 Å². The molecule has 108 valence electrons. The largest absolute Gasteiger partial charge is 0.477 e. The smallest absolute Gasteiger partial charge is 0.254 e. The molecular formula is C14H19N3O3. The number of aromatic nitrogens is 1. The highest BCUT2D eigenvalue weighted by atomic mass is 16.5. The third-order valence-corrected chi connectivity index (χ3v) is 3.55. The third-order valence-electron chi connectivity index (χ3n) is 3.55. The Morgan fingerprint density at radius 1 is 1.45 bits per heavy atom. The molecule has 2 amide bonds. The Morgan fingerprint density at radius 2 is 2.15 bits per heavy atom. The van der Waals surface area contributed by atoms with Gasteiger partial charge in [0.15, 0.2) is 0 Å². The highest BCUT2D eigenvalue weighted by molar-refractivity contribution is 5.94. The molecule has 1 aromatic heterocycles. The van der Waals surface area contributed by atoms with Gasteiger partial charge in [0.1, 0.15) is 5.56 Å². The van der Waals surface area contributed by atoms with E-state index in [1.54, 1.807) is 25.3 Å². The van der Waals surface area contributed by atoms with Crippen molar-refractivity contribution in [3.05, 3.63) is 23.9 Å². The Bertz CT molecular complexity index is 496. The van der Waals surface area contributed by atoms with Crippen molar-refractivity contribution in [1.82, 2.24) is 9.88 Å². The van der Waals surface area contributed by atoms with E-state index in [2.05, 4.69) is 4.98 Å². The summed E-state index contributed by atoms with van der Waals surface area (Å²) in [6.07, 6.45) is 3.37. The first-order valence-corrected chi connectivity index (χ1v) is 6.71. The second-order valence-electron chi connectivity index (χ2n) is 4.98. The quantitative estimate of drug-likeness (QED) is 0.882. The Balaban J connectivity index is 1.88. The lowest BCUT2D eigenvalue weighted by Crippen LogP contribution is -2.38. The number of likely N-dealkylation sites (tertiary alicyclic amines) is 1. The number of nitrogens with two attached hydrogens (primary N) is 1. The van der Waals surface area contributed by atoms with E-state index < -0.39 is 5.91 Å². The third kappa shape index (κ3) is 3.46. The van der Waals surface area contributed by atoms with Crippen molar-refractivity contribution in [3.63, 3.8) is 0 Å². The van der Waals surface area contributed by atoms with E-state index in [1.165, 1.54) is 0 Å². The van der Waals surface area contributed by atoms with Crippen LogP contribution in [0.3, 0.4) is 0 Å². The molecule has 0 atom stereocenters. The molecule has 0 saturated carbocycles. The van der Waals surface area contributed by atoms with E-state index in [-0.39, 0.29) is 11.8 Å². The predicted molar refractivity (Wildman–Crippen MR) is 73.2 cm³/mol. The molecule has 1 saturated heterocycles. The number of rotatable bonds is 4. The average molecular weight is 277 g/mol. The molecule has 0 spiro atoms. The lowest BCUT2D eigenvalue weighted by molar-refractivity contribution is -0.130. The van der Waals surface area contributed by atoms with Crippen molar-refractivity contribution < 1.29 is 14.3 Å². The number of carbonyl (C=O) groups is 2. The zero-order valence-electron chi connectivity index (χ0n) is 11.5. The average Bonchev–Trinajstić information content (AvgIpc) is 2.45. The summed E-state index contributed by atoms with van der Waals surface area (Å²) in [5, 5.41) is 0. The Labute approximate surface area is 117 Å². The van der Waals surface area contributed by atoms with Crippen molar-refractivity contribution in [2.45, 2.75) is 19.8 Å². The van der Waals surface area contributed by atoms with Gasteiger partial charge in [-0.1, -0.05) is 0 Å². The lowest BCUT2D eigenvalue weighted by atomic mass is 9.98. The fourth-order valence-corrected chi connectivity index (χ4v) is 2.30. The monoisotopic (exact) mass is 277 g/mol. The van der Waals surface area contributed by atoms with Crippen LogP contribution in [-0.4, -0.2) is 41.4 Å². The van der Waals surface area contributed by atoms with Crippen LogP contribution < -0.4 is 10.5 Å². The molecular weight excluding hydrogens is 258 g/mol. The summed E-state index contributed by atoms with van der Waals surface area (Å²) in [4.78, 5) is 28.4. The number of carbonyl (C=O) groups excluding carboxylic acids is 2. The number of piperidine rings is 1. The molecule has 2 heterocycles. The topological polar surface area (TPSA) is 85.5 Å². The van der Waals surface area contributed by atoms with Crippen LogP contribution in [0.25, 0.3) is 0 Å². The first kappa shape index (κ1) is 14.3. The van der Waals surface area contributed by atoms with E-state index in [4.69, 9.17) is 10.5 Å². The number of ether oxygens (including phenoxy) is 1. The first-order valence-electron chi connectivity index (χ1n) is 6.71. The number of amides is 2. The van der Waals surface area contributed by atoms with Crippen LogP contribution in [-0.2, 0) is 4.79 Å². The minimum absolute atomic E-state index is 0.116. The van der Waals surface area contributed by atoms with Gasteiger partial charge in [0, 0.05) is 26.2 Å². The zero-order valence-corrected chi connectivity index (χ0v) is 11.5. The van der Waals surface area contributed by atoms with Crippen LogP contribution in [0.15, 0.2) is 18.3 Å². The van der Waals surface area contributed by atoms with E-state index in [1.807, 2.05) is 4.90 Å². The second kappa shape index (κ2) is 6.36. The maximum Gasteiger partial charge on any atom is 0.254 e. The number of hydrogen-bond donors (Lipinski definition) is 1. The number of hydrogen-bond acceptors (Lipinski definition) is 4. The van der Waals surface area contributed by atoms with Gasteiger partial charge in [0.05, 0.1) is 6.61 Å². The molecule has 0 aromatic carbocycles. The second-order valence-corrected chi connectivity index (χ2v) is 4.98. The van der Waals surface area contributed by atoms with Gasteiger partial charge in [0.25, 0.3) is 5.91 Å². The molecule has 1 fully saturated rings. The van der Waals surface area contributed by atoms with Gasteiger partial charge < -0.3 is 15.4 Å². The number of primary amides is 1. The van der Waals surface area contributed by atoms with Crippen molar-refractivity contribution in [1.29, 1.82) is 0 Å². The molecule has 6 nitrogen and oxygen atoms in total. The van der Waals surface area contributed by atoms with Gasteiger partial charge in [-0.25, -0.2) is 4.98 Å². The molecule has 6 heteroatoms. The van der Waals surface area contributed by atoms with E-state index in [9.17, 15) is 9.59 Å². The molecule has 1 aromatic rings. The fraction of sp³-hybridized carbons (Fsp3) is 0.500. The molecule has 0 unspecified atom stereocenters. The molecule has 2 rings (SSSR count). The van der Waals surface area contributed by atoms with Crippen molar-refractivity contribution in [2.24, 2.45) is 11.7 Å². The minimum atomic E-state index is -0.542. The molecule has 2 N–H and O–H groups in total. The predicted octanol–water partition coefficient (Wildman–Crippen LogP) is 0.818.